The standard InChI is InChI=1S/C31H31FN6O2/c1-2-40-31(39)26-18-6-8-19(9-7-18)27(26)38-17-20(10-11-22-5-3-4-12-33-22)24-15-36-29(37-30(24)38)25-16-35-28-23(25)13-21(32)14-34-28/h3-5,12-19,26-27H,2,6-11H2,1H3,(H,34,35)/t18?,19?,26-,27-/m1/s1. The van der Waals surface area contributed by atoms with Crippen molar-refractivity contribution in [1.82, 2.24) is 29.5 Å². The first-order valence-electron chi connectivity index (χ1n) is 14.2. The summed E-state index contributed by atoms with van der Waals surface area (Å²) in [6, 6.07) is 7.39. The molecule has 8 nitrogen and oxygen atoms in total. The van der Waals surface area contributed by atoms with Crippen molar-refractivity contribution in [2.45, 2.75) is 51.5 Å². The zero-order chi connectivity index (χ0) is 27.2. The monoisotopic (exact) mass is 538 g/mol. The number of aromatic amines is 1. The van der Waals surface area contributed by atoms with Crippen molar-refractivity contribution in [1.29, 1.82) is 0 Å². The third-order valence-electron chi connectivity index (χ3n) is 8.82. The van der Waals surface area contributed by atoms with Crippen molar-refractivity contribution in [3.8, 4) is 11.4 Å². The van der Waals surface area contributed by atoms with Crippen LogP contribution in [0.3, 0.4) is 0 Å². The van der Waals surface area contributed by atoms with Gasteiger partial charge in [-0.25, -0.2) is 19.3 Å². The molecule has 0 spiro atoms. The fourth-order valence-corrected chi connectivity index (χ4v) is 7.01. The van der Waals surface area contributed by atoms with Crippen LogP contribution in [0.15, 0.2) is 55.2 Å². The van der Waals surface area contributed by atoms with Gasteiger partial charge in [0.25, 0.3) is 0 Å². The number of aromatic nitrogens is 6. The molecule has 1 N–H and O–H groups in total. The van der Waals surface area contributed by atoms with Crippen LogP contribution < -0.4 is 0 Å². The molecule has 40 heavy (non-hydrogen) atoms. The third-order valence-corrected chi connectivity index (χ3v) is 8.82. The number of carbonyl (C=O) groups excluding carboxylic acids is 1. The van der Waals surface area contributed by atoms with Crippen molar-refractivity contribution in [3.05, 3.63) is 72.3 Å². The SMILES string of the molecule is CCOC(=O)[C@@H]1C2CCC(CC2)[C@H]1n1cc(CCc2ccccn2)c2cnc(-c3c[nH]c4ncc(F)cc34)nc21. The van der Waals surface area contributed by atoms with Gasteiger partial charge in [-0.2, -0.15) is 0 Å². The Labute approximate surface area is 231 Å². The molecule has 0 amide bonds. The van der Waals surface area contributed by atoms with E-state index in [1.807, 2.05) is 37.5 Å². The van der Waals surface area contributed by atoms with E-state index in [-0.39, 0.29) is 17.9 Å². The number of rotatable bonds is 7. The number of fused-ring (bicyclic) bond motifs is 5. The van der Waals surface area contributed by atoms with E-state index in [4.69, 9.17) is 14.7 Å². The summed E-state index contributed by atoms with van der Waals surface area (Å²) in [6.07, 6.45) is 14.7. The lowest BCUT2D eigenvalue weighted by Gasteiger charge is -2.47. The number of pyridine rings is 2. The highest BCUT2D eigenvalue weighted by atomic mass is 19.1. The number of carbonyl (C=O) groups is 1. The third kappa shape index (κ3) is 4.24. The number of nitrogens with zero attached hydrogens (tertiary/aromatic N) is 5. The lowest BCUT2D eigenvalue weighted by molar-refractivity contribution is -0.157. The second-order valence-electron chi connectivity index (χ2n) is 11.0. The molecule has 3 fully saturated rings. The molecule has 2 bridgehead atoms. The Morgan fingerprint density at radius 2 is 1.93 bits per heavy atom. The molecule has 2 atom stereocenters. The summed E-state index contributed by atoms with van der Waals surface area (Å²) in [4.78, 5) is 34.9. The maximum Gasteiger partial charge on any atom is 0.311 e. The summed E-state index contributed by atoms with van der Waals surface area (Å²) in [5, 5.41) is 1.60. The van der Waals surface area contributed by atoms with Gasteiger partial charge in [-0.3, -0.25) is 9.78 Å². The second-order valence-corrected chi connectivity index (χ2v) is 11.0. The molecule has 0 unspecified atom stereocenters. The normalized spacial score (nSPS) is 22.2. The highest BCUT2D eigenvalue weighted by Gasteiger charge is 2.49. The van der Waals surface area contributed by atoms with Gasteiger partial charge >= 0.3 is 5.97 Å². The second kappa shape index (κ2) is 10.1. The van der Waals surface area contributed by atoms with Crippen LogP contribution >= 0.6 is 0 Å². The highest BCUT2D eigenvalue weighted by molar-refractivity contribution is 5.93. The summed E-state index contributed by atoms with van der Waals surface area (Å²) in [5.74, 6) is 0.471. The number of nitrogens with one attached hydrogen (secondary N) is 1. The average Bonchev–Trinajstić information content (AvgIpc) is 3.57. The lowest BCUT2D eigenvalue weighted by Crippen LogP contribution is -2.45. The molecule has 0 radical (unpaired) electrons. The molecule has 5 aromatic rings. The van der Waals surface area contributed by atoms with Gasteiger partial charge in [0, 0.05) is 46.8 Å². The van der Waals surface area contributed by atoms with Gasteiger partial charge in [0.2, 0.25) is 0 Å². The number of aryl methyl sites for hydroxylation is 2. The van der Waals surface area contributed by atoms with Gasteiger partial charge in [0.15, 0.2) is 5.82 Å². The zero-order valence-electron chi connectivity index (χ0n) is 22.4. The van der Waals surface area contributed by atoms with Crippen LogP contribution in [0.4, 0.5) is 4.39 Å². The van der Waals surface area contributed by atoms with Gasteiger partial charge < -0.3 is 14.3 Å². The molecular weight excluding hydrogens is 507 g/mol. The first-order valence-corrected chi connectivity index (χ1v) is 14.2. The highest BCUT2D eigenvalue weighted by Crippen LogP contribution is 2.52. The Morgan fingerprint density at radius 1 is 1.07 bits per heavy atom. The van der Waals surface area contributed by atoms with Crippen LogP contribution in [0, 0.1) is 23.6 Å². The van der Waals surface area contributed by atoms with Crippen LogP contribution in [0.2, 0.25) is 0 Å². The molecule has 0 aromatic carbocycles. The Morgan fingerprint density at radius 3 is 2.73 bits per heavy atom. The first kappa shape index (κ1) is 24.9. The van der Waals surface area contributed by atoms with Crippen molar-refractivity contribution in [2.75, 3.05) is 6.61 Å². The number of halogens is 1. The molecule has 3 saturated carbocycles. The molecule has 204 valence electrons. The smallest absolute Gasteiger partial charge is 0.311 e. The molecule has 3 aliphatic carbocycles. The quantitative estimate of drug-likeness (QED) is 0.262. The number of esters is 1. The van der Waals surface area contributed by atoms with E-state index in [9.17, 15) is 9.18 Å². The van der Waals surface area contributed by atoms with E-state index in [2.05, 4.69) is 25.7 Å². The van der Waals surface area contributed by atoms with Gasteiger partial charge in [0.1, 0.15) is 17.1 Å². The van der Waals surface area contributed by atoms with Crippen molar-refractivity contribution in [3.63, 3.8) is 0 Å². The Balaban J connectivity index is 1.37. The number of hydrogen-bond acceptors (Lipinski definition) is 6. The molecular formula is C31H31FN6O2. The minimum atomic E-state index is -0.412. The summed E-state index contributed by atoms with van der Waals surface area (Å²) in [7, 11) is 0. The van der Waals surface area contributed by atoms with Crippen LogP contribution in [0.1, 0.15) is 49.9 Å². The van der Waals surface area contributed by atoms with E-state index in [0.29, 0.717) is 40.9 Å². The van der Waals surface area contributed by atoms with Crippen LogP contribution in [-0.2, 0) is 22.4 Å². The molecule has 0 saturated heterocycles. The zero-order valence-corrected chi connectivity index (χ0v) is 22.4. The summed E-state index contributed by atoms with van der Waals surface area (Å²) >= 11 is 0. The Kier molecular flexibility index (Phi) is 6.29. The van der Waals surface area contributed by atoms with Gasteiger partial charge in [-0.05, 0) is 81.0 Å². The molecule has 3 aliphatic rings. The number of hydrogen-bond donors (Lipinski definition) is 1. The van der Waals surface area contributed by atoms with Gasteiger partial charge in [-0.15, -0.1) is 0 Å². The van der Waals surface area contributed by atoms with Crippen molar-refractivity contribution < 1.29 is 13.9 Å². The maximum absolute atomic E-state index is 14.1. The first-order chi connectivity index (χ1) is 19.6. The van der Waals surface area contributed by atoms with Gasteiger partial charge in [0.05, 0.1) is 24.8 Å². The summed E-state index contributed by atoms with van der Waals surface area (Å²) in [6.45, 7) is 2.24. The Hall–Kier alpha value is -4.14. The minimum Gasteiger partial charge on any atom is -0.466 e. The molecule has 0 aliphatic heterocycles. The maximum atomic E-state index is 14.1. The predicted molar refractivity (Wildman–Crippen MR) is 149 cm³/mol. The van der Waals surface area contributed by atoms with Crippen LogP contribution in [0.25, 0.3) is 33.5 Å². The summed E-state index contributed by atoms with van der Waals surface area (Å²) < 4.78 is 21.9. The van der Waals surface area contributed by atoms with Crippen LogP contribution in [-0.4, -0.2) is 42.1 Å². The van der Waals surface area contributed by atoms with E-state index < -0.39 is 5.82 Å². The van der Waals surface area contributed by atoms with Crippen LogP contribution in [0.5, 0.6) is 0 Å². The molecule has 5 aromatic heterocycles. The molecule has 8 rings (SSSR count). The topological polar surface area (TPSA) is 98.6 Å². The van der Waals surface area contributed by atoms with E-state index in [1.54, 1.807) is 6.20 Å². The van der Waals surface area contributed by atoms with E-state index >= 15 is 0 Å². The number of H-pyrrole nitrogens is 1. The number of ether oxygens (including phenoxy) is 1. The molecule has 5 heterocycles. The predicted octanol–water partition coefficient (Wildman–Crippen LogP) is 5.83. The van der Waals surface area contributed by atoms with Crippen molar-refractivity contribution in [2.24, 2.45) is 17.8 Å². The van der Waals surface area contributed by atoms with Crippen molar-refractivity contribution >= 4 is 28.0 Å². The minimum absolute atomic E-state index is 0.0255. The summed E-state index contributed by atoms with van der Waals surface area (Å²) in [5.41, 5.74) is 4.22. The fourth-order valence-electron chi connectivity index (χ4n) is 7.01. The van der Waals surface area contributed by atoms with Gasteiger partial charge in [-0.1, -0.05) is 6.07 Å². The average molecular weight is 539 g/mol. The lowest BCUT2D eigenvalue weighted by atomic mass is 9.61. The Bertz CT molecular complexity index is 1690. The largest absolute Gasteiger partial charge is 0.466 e. The van der Waals surface area contributed by atoms with E-state index in [0.717, 1.165) is 60.8 Å². The van der Waals surface area contributed by atoms with E-state index in [1.165, 1.54) is 12.3 Å². The molecule has 9 heteroatoms. The fraction of sp³-hybridized carbons (Fsp3) is 0.387.